The molecule has 0 N–H and O–H groups in total. The van der Waals surface area contributed by atoms with E-state index in [-0.39, 0.29) is 11.9 Å². The summed E-state index contributed by atoms with van der Waals surface area (Å²) in [4.78, 5) is 14.3. The number of carbonyl (C=O) groups is 1. The van der Waals surface area contributed by atoms with Crippen LogP contribution in [0.25, 0.3) is 11.5 Å². The molecule has 0 radical (unpaired) electrons. The molecule has 1 atom stereocenters. The Morgan fingerprint density at radius 2 is 2.21 bits per heavy atom. The number of hydrogen-bond donors (Lipinski definition) is 0. The van der Waals surface area contributed by atoms with Crippen LogP contribution >= 0.6 is 0 Å². The number of rotatable bonds is 6. The van der Waals surface area contributed by atoms with Gasteiger partial charge < -0.3 is 14.2 Å². The minimum Gasteiger partial charge on any atom is -0.383 e. The number of nitrogens with zero attached hydrogens (tertiary/aromatic N) is 5. The van der Waals surface area contributed by atoms with E-state index in [1.54, 1.807) is 12.0 Å². The van der Waals surface area contributed by atoms with Gasteiger partial charge in [0.25, 0.3) is 0 Å². The van der Waals surface area contributed by atoms with Crippen LogP contribution in [0.3, 0.4) is 0 Å². The normalized spacial score (nSPS) is 17.6. The molecule has 8 heteroatoms. The fraction of sp³-hybridized carbons (Fsp3) is 0.625. The molecule has 0 saturated carbocycles. The van der Waals surface area contributed by atoms with E-state index in [1.807, 2.05) is 17.6 Å². The van der Waals surface area contributed by atoms with Crippen LogP contribution in [-0.4, -0.2) is 51.0 Å². The lowest BCUT2D eigenvalue weighted by atomic mass is 10.1. The molecule has 1 amide bonds. The van der Waals surface area contributed by atoms with Gasteiger partial charge in [-0.25, -0.2) is 0 Å². The van der Waals surface area contributed by atoms with E-state index in [1.165, 1.54) is 0 Å². The van der Waals surface area contributed by atoms with Crippen LogP contribution in [-0.2, 0) is 22.5 Å². The predicted octanol–water partition coefficient (Wildman–Crippen LogP) is 1.68. The lowest BCUT2D eigenvalue weighted by Gasteiger charge is -2.31. The van der Waals surface area contributed by atoms with Crippen molar-refractivity contribution in [1.82, 2.24) is 24.8 Å². The maximum Gasteiger partial charge on any atom is 0.245 e. The smallest absolute Gasteiger partial charge is 0.245 e. The Hall–Kier alpha value is -2.22. The van der Waals surface area contributed by atoms with Crippen molar-refractivity contribution in [3.63, 3.8) is 0 Å². The third-order valence-corrected chi connectivity index (χ3v) is 4.12. The molecule has 3 rings (SSSR count). The van der Waals surface area contributed by atoms with Crippen LogP contribution < -0.4 is 0 Å². The zero-order valence-electron chi connectivity index (χ0n) is 14.5. The molecular formula is C16H23N5O3. The molecule has 1 aliphatic heterocycles. The fourth-order valence-corrected chi connectivity index (χ4v) is 2.94. The van der Waals surface area contributed by atoms with Crippen molar-refractivity contribution in [2.24, 2.45) is 5.92 Å². The summed E-state index contributed by atoms with van der Waals surface area (Å²) in [6.45, 7) is 7.57. The van der Waals surface area contributed by atoms with Gasteiger partial charge in [-0.2, -0.15) is 0 Å². The molecular weight excluding hydrogens is 310 g/mol. The molecule has 1 aliphatic rings. The second kappa shape index (κ2) is 6.72. The van der Waals surface area contributed by atoms with Crippen LogP contribution in [0.4, 0.5) is 0 Å². The second-order valence-electron chi connectivity index (χ2n) is 6.51. The van der Waals surface area contributed by atoms with Gasteiger partial charge in [0.15, 0.2) is 17.3 Å². The molecule has 130 valence electrons. The molecule has 3 heterocycles. The van der Waals surface area contributed by atoms with Crippen molar-refractivity contribution in [2.45, 2.75) is 39.8 Å². The first-order valence-corrected chi connectivity index (χ1v) is 8.18. The van der Waals surface area contributed by atoms with Crippen molar-refractivity contribution < 1.29 is 14.1 Å². The molecule has 0 aromatic carbocycles. The summed E-state index contributed by atoms with van der Waals surface area (Å²) in [5.41, 5.74) is 0.620. The second-order valence-corrected chi connectivity index (χ2v) is 6.51. The van der Waals surface area contributed by atoms with E-state index >= 15 is 0 Å². The Balaban J connectivity index is 1.88. The first kappa shape index (κ1) is 16.6. The molecule has 0 bridgehead atoms. The van der Waals surface area contributed by atoms with Crippen LogP contribution in [0.5, 0.6) is 0 Å². The molecule has 0 spiro atoms. The Morgan fingerprint density at radius 3 is 2.92 bits per heavy atom. The van der Waals surface area contributed by atoms with Gasteiger partial charge in [0.05, 0.1) is 13.2 Å². The van der Waals surface area contributed by atoms with Gasteiger partial charge in [0.1, 0.15) is 11.8 Å². The van der Waals surface area contributed by atoms with Gasteiger partial charge in [-0.3, -0.25) is 9.36 Å². The van der Waals surface area contributed by atoms with Crippen LogP contribution in [0, 0.1) is 5.92 Å². The van der Waals surface area contributed by atoms with Gasteiger partial charge in [-0.1, -0.05) is 19.0 Å². The average molecular weight is 333 g/mol. The van der Waals surface area contributed by atoms with Crippen LogP contribution in [0.2, 0.25) is 0 Å². The van der Waals surface area contributed by atoms with Gasteiger partial charge in [-0.05, 0) is 12.8 Å². The van der Waals surface area contributed by atoms with E-state index in [0.29, 0.717) is 37.1 Å². The SMILES string of the molecule is COCCN1Cc2nnc(-c3cc(CC(C)C)on3)n2[C@@H](C)C1=O. The molecule has 0 saturated heterocycles. The first-order valence-electron chi connectivity index (χ1n) is 8.18. The highest BCUT2D eigenvalue weighted by molar-refractivity contribution is 5.81. The molecule has 0 unspecified atom stereocenters. The number of hydrogen-bond acceptors (Lipinski definition) is 6. The topological polar surface area (TPSA) is 86.3 Å². The first-order chi connectivity index (χ1) is 11.5. The highest BCUT2D eigenvalue weighted by Crippen LogP contribution is 2.28. The molecule has 2 aromatic heterocycles. The zero-order chi connectivity index (χ0) is 17.3. The molecule has 0 fully saturated rings. The van der Waals surface area contributed by atoms with E-state index in [4.69, 9.17) is 9.26 Å². The van der Waals surface area contributed by atoms with Crippen LogP contribution in [0.1, 0.15) is 38.4 Å². The maximum atomic E-state index is 12.6. The van der Waals surface area contributed by atoms with E-state index in [0.717, 1.165) is 18.0 Å². The number of aromatic nitrogens is 4. The van der Waals surface area contributed by atoms with Gasteiger partial charge in [0.2, 0.25) is 5.91 Å². The summed E-state index contributed by atoms with van der Waals surface area (Å²) in [6.07, 6.45) is 0.813. The summed E-state index contributed by atoms with van der Waals surface area (Å²) in [7, 11) is 1.62. The Bertz CT molecular complexity index is 721. The standard InChI is InChI=1S/C16H23N5O3/c1-10(2)7-12-8-13(19-24-12)15-18-17-14-9-20(5-6-23-4)16(22)11(3)21(14)15/h8,10-11H,5-7,9H2,1-4H3/t11-/m0/s1. The number of ether oxygens (including phenoxy) is 1. The highest BCUT2D eigenvalue weighted by Gasteiger charge is 2.34. The average Bonchev–Trinajstić information content (AvgIpc) is 3.15. The summed E-state index contributed by atoms with van der Waals surface area (Å²) in [6, 6.07) is 1.51. The predicted molar refractivity (Wildman–Crippen MR) is 86.1 cm³/mol. The minimum atomic E-state index is -0.374. The highest BCUT2D eigenvalue weighted by atomic mass is 16.5. The Morgan fingerprint density at radius 1 is 1.42 bits per heavy atom. The van der Waals surface area contributed by atoms with Crippen molar-refractivity contribution in [3.05, 3.63) is 17.7 Å². The van der Waals surface area contributed by atoms with Crippen LogP contribution in [0.15, 0.2) is 10.6 Å². The summed E-state index contributed by atoms with van der Waals surface area (Å²) >= 11 is 0. The summed E-state index contributed by atoms with van der Waals surface area (Å²) in [5, 5.41) is 12.6. The Labute approximate surface area is 140 Å². The third-order valence-electron chi connectivity index (χ3n) is 4.12. The number of amides is 1. The van der Waals surface area contributed by atoms with Gasteiger partial charge in [-0.15, -0.1) is 10.2 Å². The number of methoxy groups -OCH3 is 1. The molecule has 0 aliphatic carbocycles. The largest absolute Gasteiger partial charge is 0.383 e. The van der Waals surface area contributed by atoms with Crippen molar-refractivity contribution >= 4 is 5.91 Å². The molecule has 24 heavy (non-hydrogen) atoms. The fourth-order valence-electron chi connectivity index (χ4n) is 2.94. The lowest BCUT2D eigenvalue weighted by molar-refractivity contribution is -0.137. The maximum absolute atomic E-state index is 12.6. The van der Waals surface area contributed by atoms with E-state index in [9.17, 15) is 4.79 Å². The monoisotopic (exact) mass is 333 g/mol. The number of carbonyl (C=O) groups excluding carboxylic acids is 1. The van der Waals surface area contributed by atoms with Gasteiger partial charge >= 0.3 is 0 Å². The lowest BCUT2D eigenvalue weighted by Crippen LogP contribution is -2.43. The summed E-state index contributed by atoms with van der Waals surface area (Å²) < 4.78 is 12.3. The van der Waals surface area contributed by atoms with Gasteiger partial charge in [0, 0.05) is 26.1 Å². The molecule has 2 aromatic rings. The molecule has 8 nitrogen and oxygen atoms in total. The van der Waals surface area contributed by atoms with Crippen molar-refractivity contribution in [3.8, 4) is 11.5 Å². The summed E-state index contributed by atoms with van der Waals surface area (Å²) in [5.74, 6) is 2.66. The minimum absolute atomic E-state index is 0.0338. The number of fused-ring (bicyclic) bond motifs is 1. The Kier molecular flexibility index (Phi) is 4.66. The zero-order valence-corrected chi connectivity index (χ0v) is 14.5. The van der Waals surface area contributed by atoms with E-state index in [2.05, 4.69) is 29.2 Å². The third kappa shape index (κ3) is 3.06. The van der Waals surface area contributed by atoms with Crippen molar-refractivity contribution in [1.29, 1.82) is 0 Å². The quantitative estimate of drug-likeness (QED) is 0.799. The van der Waals surface area contributed by atoms with Crippen molar-refractivity contribution in [2.75, 3.05) is 20.3 Å². The van der Waals surface area contributed by atoms with E-state index < -0.39 is 0 Å².